The van der Waals surface area contributed by atoms with Crippen molar-refractivity contribution in [3.05, 3.63) is 65.4 Å². The van der Waals surface area contributed by atoms with Crippen LogP contribution in [0.2, 0.25) is 0 Å². The summed E-state index contributed by atoms with van der Waals surface area (Å²) in [7, 11) is 1.38. The van der Waals surface area contributed by atoms with Gasteiger partial charge in [-0.25, -0.2) is 14.4 Å². The third kappa shape index (κ3) is 3.29. The molecule has 1 aromatic heterocycles. The van der Waals surface area contributed by atoms with Gasteiger partial charge in [0.25, 0.3) is 0 Å². The van der Waals surface area contributed by atoms with E-state index < -0.39 is 23.7 Å². The van der Waals surface area contributed by atoms with Crippen molar-refractivity contribution in [1.29, 1.82) is 0 Å². The number of hydrogen-bond acceptors (Lipinski definition) is 6. The highest BCUT2D eigenvalue weighted by Crippen LogP contribution is 2.41. The molecule has 9 nitrogen and oxygen atoms in total. The number of imide groups is 1. The summed E-state index contributed by atoms with van der Waals surface area (Å²) in [5, 5.41) is 13.8. The van der Waals surface area contributed by atoms with E-state index in [2.05, 4.69) is 5.10 Å². The van der Waals surface area contributed by atoms with Crippen LogP contribution in [0.15, 0.2) is 48.5 Å². The van der Waals surface area contributed by atoms with Gasteiger partial charge in [0.1, 0.15) is 11.6 Å². The van der Waals surface area contributed by atoms with Gasteiger partial charge in [-0.3, -0.25) is 9.59 Å². The minimum atomic E-state index is -1.18. The average Bonchev–Trinajstić information content (AvgIpc) is 3.22. The molecule has 0 radical (unpaired) electrons. The summed E-state index contributed by atoms with van der Waals surface area (Å²) in [6.07, 6.45) is -0.106. The van der Waals surface area contributed by atoms with Crippen LogP contribution in [-0.4, -0.2) is 39.8 Å². The SMILES string of the molecule is COc1ccc(C(=O)O)cc1N1C(=O)C[C@H](c2c(C)nn(-c3ccccc3)c2N)C1=O. The first-order chi connectivity index (χ1) is 14.8. The maximum Gasteiger partial charge on any atom is 0.335 e. The van der Waals surface area contributed by atoms with E-state index in [0.717, 1.165) is 10.6 Å². The number of nitrogen functional groups attached to an aromatic ring is 1. The Morgan fingerprint density at radius 3 is 2.55 bits per heavy atom. The van der Waals surface area contributed by atoms with Gasteiger partial charge in [-0.1, -0.05) is 18.2 Å². The van der Waals surface area contributed by atoms with E-state index in [-0.39, 0.29) is 29.2 Å². The van der Waals surface area contributed by atoms with Gasteiger partial charge in [0.2, 0.25) is 11.8 Å². The molecule has 0 spiro atoms. The van der Waals surface area contributed by atoms with Crippen LogP contribution >= 0.6 is 0 Å². The predicted octanol–water partition coefficient (Wildman–Crippen LogP) is 2.52. The van der Waals surface area contributed by atoms with Crippen LogP contribution in [0.1, 0.15) is 34.0 Å². The summed E-state index contributed by atoms with van der Waals surface area (Å²) in [5.41, 5.74) is 8.13. The number of methoxy groups -OCH3 is 1. The summed E-state index contributed by atoms with van der Waals surface area (Å²) in [4.78, 5) is 38.5. The number of nitrogens with zero attached hydrogens (tertiary/aromatic N) is 3. The van der Waals surface area contributed by atoms with E-state index >= 15 is 0 Å². The lowest BCUT2D eigenvalue weighted by atomic mass is 9.97. The summed E-state index contributed by atoms with van der Waals surface area (Å²) in [6.45, 7) is 1.73. The summed E-state index contributed by atoms with van der Waals surface area (Å²) < 4.78 is 6.80. The van der Waals surface area contributed by atoms with Crippen LogP contribution < -0.4 is 15.4 Å². The number of ether oxygens (including phenoxy) is 1. The molecule has 31 heavy (non-hydrogen) atoms. The van der Waals surface area contributed by atoms with Gasteiger partial charge < -0.3 is 15.6 Å². The molecule has 9 heteroatoms. The molecule has 158 valence electrons. The molecule has 4 rings (SSSR count). The van der Waals surface area contributed by atoms with E-state index in [1.54, 1.807) is 6.92 Å². The number of carbonyl (C=O) groups excluding carboxylic acids is 2. The zero-order valence-corrected chi connectivity index (χ0v) is 16.9. The normalized spacial score (nSPS) is 16.1. The van der Waals surface area contributed by atoms with Crippen LogP contribution in [0.5, 0.6) is 5.75 Å². The molecule has 3 aromatic rings. The molecular weight excluding hydrogens is 400 g/mol. The minimum absolute atomic E-state index is 0.0626. The fraction of sp³-hybridized carbons (Fsp3) is 0.182. The van der Waals surface area contributed by atoms with Gasteiger partial charge >= 0.3 is 5.97 Å². The number of aromatic nitrogens is 2. The molecule has 2 amide bonds. The van der Waals surface area contributed by atoms with Gasteiger partial charge in [0, 0.05) is 12.0 Å². The first-order valence-corrected chi connectivity index (χ1v) is 9.52. The number of para-hydroxylation sites is 1. The molecule has 1 atom stereocenters. The molecule has 2 aromatic carbocycles. The number of rotatable bonds is 5. The fourth-order valence-electron chi connectivity index (χ4n) is 3.86. The second-order valence-electron chi connectivity index (χ2n) is 7.15. The highest BCUT2D eigenvalue weighted by molar-refractivity contribution is 6.23. The van der Waals surface area contributed by atoms with E-state index in [4.69, 9.17) is 10.5 Å². The van der Waals surface area contributed by atoms with Crippen molar-refractivity contribution in [1.82, 2.24) is 9.78 Å². The van der Waals surface area contributed by atoms with Crippen LogP contribution in [0.25, 0.3) is 5.69 Å². The van der Waals surface area contributed by atoms with Crippen molar-refractivity contribution >= 4 is 29.3 Å². The first kappa shape index (κ1) is 20.1. The number of amides is 2. The maximum atomic E-state index is 13.3. The van der Waals surface area contributed by atoms with Crippen molar-refractivity contribution < 1.29 is 24.2 Å². The fourth-order valence-corrected chi connectivity index (χ4v) is 3.86. The Kier molecular flexibility index (Phi) is 4.94. The lowest BCUT2D eigenvalue weighted by molar-refractivity contribution is -0.121. The zero-order valence-electron chi connectivity index (χ0n) is 16.9. The lowest BCUT2D eigenvalue weighted by Gasteiger charge is -2.18. The third-order valence-electron chi connectivity index (χ3n) is 5.31. The van der Waals surface area contributed by atoms with E-state index in [1.807, 2.05) is 30.3 Å². The van der Waals surface area contributed by atoms with E-state index in [0.29, 0.717) is 11.3 Å². The number of nitrogens with two attached hydrogens (primary N) is 1. The van der Waals surface area contributed by atoms with Crippen LogP contribution in [-0.2, 0) is 9.59 Å². The Balaban J connectivity index is 1.76. The number of aryl methyl sites for hydroxylation is 1. The minimum Gasteiger partial charge on any atom is -0.495 e. The Morgan fingerprint density at radius 2 is 1.90 bits per heavy atom. The van der Waals surface area contributed by atoms with Crippen molar-refractivity contribution in [2.45, 2.75) is 19.3 Å². The monoisotopic (exact) mass is 420 g/mol. The third-order valence-corrected chi connectivity index (χ3v) is 5.31. The van der Waals surface area contributed by atoms with Gasteiger partial charge in [-0.05, 0) is 37.3 Å². The largest absolute Gasteiger partial charge is 0.495 e. The van der Waals surface area contributed by atoms with Gasteiger partial charge in [-0.2, -0.15) is 5.10 Å². The van der Waals surface area contributed by atoms with E-state index in [1.165, 1.54) is 30.0 Å². The summed E-state index contributed by atoms with van der Waals surface area (Å²) in [6, 6.07) is 13.2. The number of benzene rings is 2. The van der Waals surface area contributed by atoms with Crippen molar-refractivity contribution in [3.8, 4) is 11.4 Å². The first-order valence-electron chi connectivity index (χ1n) is 9.52. The molecule has 1 fully saturated rings. The molecule has 1 aliphatic rings. The number of carboxylic acid groups (broad SMARTS) is 1. The molecule has 1 saturated heterocycles. The topological polar surface area (TPSA) is 128 Å². The van der Waals surface area contributed by atoms with Crippen molar-refractivity contribution in [3.63, 3.8) is 0 Å². The smallest absolute Gasteiger partial charge is 0.335 e. The Hall–Kier alpha value is -4.14. The number of carboxylic acids is 1. The molecule has 3 N–H and O–H groups in total. The molecule has 0 saturated carbocycles. The Labute approximate surface area is 177 Å². The zero-order chi connectivity index (χ0) is 22.3. The summed E-state index contributed by atoms with van der Waals surface area (Å²) >= 11 is 0. The number of aromatic carboxylic acids is 1. The van der Waals surface area contributed by atoms with Crippen molar-refractivity contribution in [2.24, 2.45) is 0 Å². The number of anilines is 2. The Bertz CT molecular complexity index is 1200. The van der Waals surface area contributed by atoms with Crippen molar-refractivity contribution in [2.75, 3.05) is 17.7 Å². The lowest BCUT2D eigenvalue weighted by Crippen LogP contribution is -2.30. The molecule has 0 bridgehead atoms. The highest BCUT2D eigenvalue weighted by atomic mass is 16.5. The summed E-state index contributed by atoms with van der Waals surface area (Å²) in [5.74, 6) is -2.48. The number of hydrogen-bond donors (Lipinski definition) is 2. The molecule has 0 aliphatic carbocycles. The van der Waals surface area contributed by atoms with Gasteiger partial charge in [0.05, 0.1) is 35.7 Å². The van der Waals surface area contributed by atoms with Gasteiger partial charge in [-0.15, -0.1) is 0 Å². The van der Waals surface area contributed by atoms with Gasteiger partial charge in [0.15, 0.2) is 0 Å². The number of carbonyl (C=O) groups is 3. The molecule has 0 unspecified atom stereocenters. The van der Waals surface area contributed by atoms with Crippen LogP contribution in [0, 0.1) is 6.92 Å². The standard InChI is InChI=1S/C22H20N4O5/c1-12-19(20(23)26(24-12)14-6-4-3-5-7-14)15-11-18(27)25(21(15)28)16-10-13(22(29)30)8-9-17(16)31-2/h3-10,15H,11,23H2,1-2H3,(H,29,30)/t15-/m1/s1. The van der Waals surface area contributed by atoms with E-state index in [9.17, 15) is 19.5 Å². The van der Waals surface area contributed by atoms with Crippen LogP contribution in [0.4, 0.5) is 11.5 Å². The molecular formula is C22H20N4O5. The second kappa shape index (κ2) is 7.60. The average molecular weight is 420 g/mol. The highest BCUT2D eigenvalue weighted by Gasteiger charge is 2.44. The predicted molar refractivity (Wildman–Crippen MR) is 113 cm³/mol. The maximum absolute atomic E-state index is 13.3. The quantitative estimate of drug-likeness (QED) is 0.607. The second-order valence-corrected chi connectivity index (χ2v) is 7.15. The Morgan fingerprint density at radius 1 is 1.19 bits per heavy atom. The molecule has 1 aliphatic heterocycles. The molecule has 2 heterocycles. The van der Waals surface area contributed by atoms with Crippen LogP contribution in [0.3, 0.4) is 0 Å².